The van der Waals surface area contributed by atoms with Crippen molar-refractivity contribution >= 4 is 12.2 Å². The van der Waals surface area contributed by atoms with Crippen LogP contribution in [0.1, 0.15) is 19.8 Å². The number of hydrogen-bond acceptors (Lipinski definition) is 5. The Labute approximate surface area is 147 Å². The molecule has 0 amide bonds. The normalized spacial score (nSPS) is 20.8. The zero-order chi connectivity index (χ0) is 17.1. The number of hydrogen-bond donors (Lipinski definition) is 1. The SMILES string of the molecule is COc1ccc(-c2nn(C[NH+]3CCC(C)CC3)c(=S)o2)cc1OC. The Morgan fingerprint density at radius 3 is 2.62 bits per heavy atom. The van der Waals surface area contributed by atoms with E-state index in [-0.39, 0.29) is 0 Å². The van der Waals surface area contributed by atoms with Gasteiger partial charge in [0.2, 0.25) is 5.89 Å². The quantitative estimate of drug-likeness (QED) is 0.838. The van der Waals surface area contributed by atoms with Gasteiger partial charge in [-0.15, -0.1) is 5.10 Å². The Balaban J connectivity index is 1.80. The fourth-order valence-electron chi connectivity index (χ4n) is 3.03. The monoisotopic (exact) mass is 350 g/mol. The molecule has 3 rings (SSSR count). The van der Waals surface area contributed by atoms with Crippen LogP contribution in [-0.4, -0.2) is 37.1 Å². The number of quaternary nitrogens is 1. The summed E-state index contributed by atoms with van der Waals surface area (Å²) in [6, 6.07) is 5.57. The molecule has 7 heteroatoms. The van der Waals surface area contributed by atoms with Gasteiger partial charge in [0.1, 0.15) is 0 Å². The van der Waals surface area contributed by atoms with Crippen LogP contribution < -0.4 is 14.4 Å². The lowest BCUT2D eigenvalue weighted by molar-refractivity contribution is -0.929. The minimum atomic E-state index is 0.408. The molecule has 1 aromatic heterocycles. The van der Waals surface area contributed by atoms with Crippen molar-refractivity contribution in [3.05, 3.63) is 23.0 Å². The lowest BCUT2D eigenvalue weighted by Gasteiger charge is -2.26. The second kappa shape index (κ2) is 7.36. The van der Waals surface area contributed by atoms with E-state index in [1.807, 2.05) is 18.2 Å². The summed E-state index contributed by atoms with van der Waals surface area (Å²) in [6.07, 6.45) is 2.51. The van der Waals surface area contributed by atoms with Crippen molar-refractivity contribution in [2.45, 2.75) is 26.4 Å². The van der Waals surface area contributed by atoms with Crippen LogP contribution in [0.15, 0.2) is 22.6 Å². The molecule has 1 aromatic carbocycles. The maximum Gasteiger partial charge on any atom is 0.292 e. The average Bonchev–Trinajstić information content (AvgIpc) is 2.97. The second-order valence-electron chi connectivity index (χ2n) is 6.33. The van der Waals surface area contributed by atoms with E-state index in [9.17, 15) is 0 Å². The first-order chi connectivity index (χ1) is 11.6. The lowest BCUT2D eigenvalue weighted by Crippen LogP contribution is -3.12. The van der Waals surface area contributed by atoms with Crippen LogP contribution in [-0.2, 0) is 6.67 Å². The van der Waals surface area contributed by atoms with Gasteiger partial charge in [-0.2, -0.15) is 4.68 Å². The number of piperidine rings is 1. The third-order valence-corrected chi connectivity index (χ3v) is 4.89. The van der Waals surface area contributed by atoms with Gasteiger partial charge in [0.05, 0.1) is 27.3 Å². The first-order valence-electron chi connectivity index (χ1n) is 8.24. The summed E-state index contributed by atoms with van der Waals surface area (Å²) in [5, 5.41) is 4.55. The molecular weight excluding hydrogens is 326 g/mol. The van der Waals surface area contributed by atoms with E-state index in [0.29, 0.717) is 22.2 Å². The largest absolute Gasteiger partial charge is 0.493 e. The Morgan fingerprint density at radius 1 is 1.25 bits per heavy atom. The lowest BCUT2D eigenvalue weighted by atomic mass is 10.00. The van der Waals surface area contributed by atoms with Crippen molar-refractivity contribution in [1.82, 2.24) is 9.78 Å². The number of benzene rings is 1. The summed E-state index contributed by atoms with van der Waals surface area (Å²) in [5.74, 6) is 2.64. The summed E-state index contributed by atoms with van der Waals surface area (Å²) in [4.78, 5) is 1.90. The van der Waals surface area contributed by atoms with Crippen molar-refractivity contribution < 1.29 is 18.8 Å². The zero-order valence-electron chi connectivity index (χ0n) is 14.4. The molecule has 0 spiro atoms. The average molecular weight is 350 g/mol. The van der Waals surface area contributed by atoms with E-state index in [2.05, 4.69) is 12.0 Å². The van der Waals surface area contributed by atoms with Gasteiger partial charge in [-0.3, -0.25) is 0 Å². The fourth-order valence-corrected chi connectivity index (χ4v) is 3.22. The molecule has 1 fully saturated rings. The molecular formula is C17H24N3O3S+. The Kier molecular flexibility index (Phi) is 5.20. The molecule has 24 heavy (non-hydrogen) atoms. The summed E-state index contributed by atoms with van der Waals surface area (Å²) < 4.78 is 18.1. The highest BCUT2D eigenvalue weighted by Crippen LogP contribution is 2.31. The van der Waals surface area contributed by atoms with Crippen LogP contribution in [0.5, 0.6) is 11.5 Å². The standard InChI is InChI=1S/C17H23N3O3S/c1-12-6-8-19(9-7-12)11-20-17(24)23-16(18-20)13-4-5-14(21-2)15(10-13)22-3/h4-5,10,12H,6-9,11H2,1-3H3/p+1. The summed E-state index contributed by atoms with van der Waals surface area (Å²) in [7, 11) is 3.22. The van der Waals surface area contributed by atoms with Gasteiger partial charge in [0.15, 0.2) is 18.2 Å². The predicted molar refractivity (Wildman–Crippen MR) is 93.0 cm³/mol. The zero-order valence-corrected chi connectivity index (χ0v) is 15.2. The number of rotatable bonds is 5. The summed E-state index contributed by atoms with van der Waals surface area (Å²) in [5.41, 5.74) is 0.819. The molecule has 0 aliphatic carbocycles. The van der Waals surface area contributed by atoms with Gasteiger partial charge in [-0.25, -0.2) is 0 Å². The second-order valence-corrected chi connectivity index (χ2v) is 6.68. The van der Waals surface area contributed by atoms with Crippen LogP contribution >= 0.6 is 12.2 Å². The Bertz CT molecular complexity index is 748. The van der Waals surface area contributed by atoms with Crippen LogP contribution in [0.2, 0.25) is 0 Å². The van der Waals surface area contributed by atoms with Crippen molar-refractivity contribution in [1.29, 1.82) is 0 Å². The van der Waals surface area contributed by atoms with Crippen molar-refractivity contribution in [3.63, 3.8) is 0 Å². The number of nitrogens with zero attached hydrogens (tertiary/aromatic N) is 2. The van der Waals surface area contributed by atoms with E-state index >= 15 is 0 Å². The molecule has 1 N–H and O–H groups in total. The molecule has 0 radical (unpaired) electrons. The number of nitrogens with one attached hydrogen (secondary N) is 1. The predicted octanol–water partition coefficient (Wildman–Crippen LogP) is 2.16. The maximum atomic E-state index is 5.69. The molecule has 2 heterocycles. The number of ether oxygens (including phenoxy) is 2. The molecule has 130 valence electrons. The fraction of sp³-hybridized carbons (Fsp3) is 0.529. The smallest absolute Gasteiger partial charge is 0.292 e. The first-order valence-corrected chi connectivity index (χ1v) is 8.65. The van der Waals surface area contributed by atoms with Gasteiger partial charge < -0.3 is 18.8 Å². The summed E-state index contributed by atoms with van der Waals surface area (Å²) >= 11 is 5.34. The van der Waals surface area contributed by atoms with Gasteiger partial charge >= 0.3 is 0 Å². The molecule has 0 unspecified atom stereocenters. The molecule has 1 saturated heterocycles. The molecule has 0 saturated carbocycles. The maximum absolute atomic E-state index is 5.69. The number of methoxy groups -OCH3 is 2. The highest BCUT2D eigenvalue weighted by Gasteiger charge is 2.21. The van der Waals surface area contributed by atoms with E-state index in [4.69, 9.17) is 26.1 Å². The molecule has 2 aromatic rings. The molecule has 1 aliphatic rings. The third kappa shape index (κ3) is 3.62. The van der Waals surface area contributed by atoms with Crippen LogP contribution in [0.25, 0.3) is 11.5 Å². The topological polar surface area (TPSA) is 53.9 Å². The van der Waals surface area contributed by atoms with Gasteiger partial charge in [-0.05, 0) is 49.2 Å². The van der Waals surface area contributed by atoms with Crippen LogP contribution in [0, 0.1) is 10.8 Å². The van der Waals surface area contributed by atoms with E-state index < -0.39 is 0 Å². The number of aromatic nitrogens is 2. The third-order valence-electron chi connectivity index (χ3n) is 4.59. The number of likely N-dealkylation sites (tertiary alicyclic amines) is 1. The minimum absolute atomic E-state index is 0.408. The van der Waals surface area contributed by atoms with E-state index in [0.717, 1.165) is 31.2 Å². The highest BCUT2D eigenvalue weighted by atomic mass is 32.1. The Hall–Kier alpha value is -1.86. The minimum Gasteiger partial charge on any atom is -0.493 e. The highest BCUT2D eigenvalue weighted by molar-refractivity contribution is 7.71. The van der Waals surface area contributed by atoms with Gasteiger partial charge in [0, 0.05) is 5.56 Å². The molecule has 1 aliphatic heterocycles. The van der Waals surface area contributed by atoms with Crippen LogP contribution in [0.3, 0.4) is 0 Å². The van der Waals surface area contributed by atoms with Gasteiger partial charge in [-0.1, -0.05) is 6.92 Å². The van der Waals surface area contributed by atoms with Crippen molar-refractivity contribution in [2.24, 2.45) is 5.92 Å². The molecule has 0 bridgehead atoms. The van der Waals surface area contributed by atoms with Gasteiger partial charge in [0.25, 0.3) is 4.84 Å². The van der Waals surface area contributed by atoms with E-state index in [1.165, 1.54) is 17.7 Å². The Morgan fingerprint density at radius 2 is 1.96 bits per heavy atom. The first kappa shape index (κ1) is 17.0. The molecule has 0 atom stereocenters. The van der Waals surface area contributed by atoms with Crippen molar-refractivity contribution in [3.8, 4) is 23.0 Å². The summed E-state index contributed by atoms with van der Waals surface area (Å²) in [6.45, 7) is 5.37. The van der Waals surface area contributed by atoms with Crippen LogP contribution in [0.4, 0.5) is 0 Å². The van der Waals surface area contributed by atoms with Crippen molar-refractivity contribution in [2.75, 3.05) is 27.3 Å². The van der Waals surface area contributed by atoms with E-state index in [1.54, 1.807) is 18.9 Å². The molecule has 6 nitrogen and oxygen atoms in total.